The Balaban J connectivity index is 2.17. The van der Waals surface area contributed by atoms with Gasteiger partial charge in [-0.25, -0.2) is 0 Å². The van der Waals surface area contributed by atoms with Gasteiger partial charge in [0.05, 0.1) is 13.5 Å². The van der Waals surface area contributed by atoms with E-state index < -0.39 is 0 Å². The number of ether oxygens (including phenoxy) is 1. The molecule has 116 valence electrons. The highest BCUT2D eigenvalue weighted by molar-refractivity contribution is 6.32. The van der Waals surface area contributed by atoms with E-state index in [1.54, 1.807) is 42.7 Å². The molecule has 0 radical (unpaired) electrons. The van der Waals surface area contributed by atoms with E-state index in [4.69, 9.17) is 16.3 Å². The van der Waals surface area contributed by atoms with E-state index in [0.29, 0.717) is 32.7 Å². The summed E-state index contributed by atoms with van der Waals surface area (Å²) in [5, 5.41) is 1.10. The van der Waals surface area contributed by atoms with Crippen LogP contribution in [0.25, 0.3) is 10.9 Å². The average Bonchev–Trinajstić information content (AvgIpc) is 2.96. The van der Waals surface area contributed by atoms with Crippen molar-refractivity contribution in [3.63, 3.8) is 0 Å². The molecule has 0 aliphatic rings. The Morgan fingerprint density at radius 3 is 2.83 bits per heavy atom. The summed E-state index contributed by atoms with van der Waals surface area (Å²) in [7, 11) is 1.33. The van der Waals surface area contributed by atoms with E-state index in [9.17, 15) is 9.59 Å². The van der Waals surface area contributed by atoms with Gasteiger partial charge in [-0.1, -0.05) is 17.7 Å². The number of carbonyl (C=O) groups excluding carboxylic acids is 2. The van der Waals surface area contributed by atoms with E-state index >= 15 is 0 Å². The molecule has 23 heavy (non-hydrogen) atoms. The van der Waals surface area contributed by atoms with Gasteiger partial charge < -0.3 is 9.72 Å². The number of nitrogens with zero attached hydrogens (tertiary/aromatic N) is 1. The first-order chi connectivity index (χ1) is 11.1. The lowest BCUT2D eigenvalue weighted by Gasteiger charge is -2.06. The van der Waals surface area contributed by atoms with Crippen LogP contribution in [0.15, 0.2) is 42.7 Å². The number of hydrogen-bond acceptors (Lipinski definition) is 4. The summed E-state index contributed by atoms with van der Waals surface area (Å²) in [6.45, 7) is 0. The van der Waals surface area contributed by atoms with Crippen molar-refractivity contribution in [2.75, 3.05) is 7.11 Å². The maximum atomic E-state index is 12.8. The number of H-pyrrole nitrogens is 1. The summed E-state index contributed by atoms with van der Waals surface area (Å²) < 4.78 is 4.71. The minimum absolute atomic E-state index is 0.0701. The van der Waals surface area contributed by atoms with Gasteiger partial charge in [0.1, 0.15) is 5.69 Å². The second-order valence-electron chi connectivity index (χ2n) is 4.99. The Morgan fingerprint density at radius 2 is 2.13 bits per heavy atom. The number of fused-ring (bicyclic) bond motifs is 1. The topological polar surface area (TPSA) is 72.1 Å². The first-order valence-corrected chi connectivity index (χ1v) is 7.30. The molecule has 0 aliphatic heterocycles. The van der Waals surface area contributed by atoms with Gasteiger partial charge in [0.25, 0.3) is 0 Å². The Labute approximate surface area is 137 Å². The molecule has 0 saturated heterocycles. The van der Waals surface area contributed by atoms with E-state index in [-0.39, 0.29) is 18.2 Å². The molecule has 5 nitrogen and oxygen atoms in total. The standard InChI is InChI=1S/C17H13ClN2O3/c1-23-15(21)6-10-9-20-14-8-11(18)7-12(16(10)14)17(22)13-4-2-3-5-19-13/h2-5,7-9,20H,6H2,1H3. The molecule has 0 atom stereocenters. The molecular formula is C17H13ClN2O3. The Morgan fingerprint density at radius 1 is 1.30 bits per heavy atom. The van der Waals surface area contributed by atoms with Gasteiger partial charge in [0.15, 0.2) is 0 Å². The van der Waals surface area contributed by atoms with Crippen LogP contribution in [0.1, 0.15) is 21.6 Å². The lowest BCUT2D eigenvalue weighted by molar-refractivity contribution is -0.139. The van der Waals surface area contributed by atoms with Crippen molar-refractivity contribution < 1.29 is 14.3 Å². The predicted molar refractivity (Wildman–Crippen MR) is 86.7 cm³/mol. The first-order valence-electron chi connectivity index (χ1n) is 6.92. The van der Waals surface area contributed by atoms with Crippen molar-refractivity contribution in [2.45, 2.75) is 6.42 Å². The monoisotopic (exact) mass is 328 g/mol. The molecule has 3 rings (SSSR count). The van der Waals surface area contributed by atoms with Crippen molar-refractivity contribution in [3.05, 3.63) is 64.6 Å². The molecule has 6 heteroatoms. The third-order valence-electron chi connectivity index (χ3n) is 3.53. The third-order valence-corrected chi connectivity index (χ3v) is 3.75. The SMILES string of the molecule is COC(=O)Cc1c[nH]c2cc(Cl)cc(C(=O)c3ccccn3)c12. The highest BCUT2D eigenvalue weighted by Gasteiger charge is 2.19. The quantitative estimate of drug-likeness (QED) is 0.590. The number of aromatic amines is 1. The number of pyridine rings is 1. The fourth-order valence-electron chi connectivity index (χ4n) is 2.48. The predicted octanol–water partition coefficient (Wildman–Crippen LogP) is 3.16. The molecule has 0 amide bonds. The highest BCUT2D eigenvalue weighted by Crippen LogP contribution is 2.28. The summed E-state index contributed by atoms with van der Waals surface area (Å²) in [5.41, 5.74) is 2.10. The average molecular weight is 329 g/mol. The van der Waals surface area contributed by atoms with E-state index in [1.807, 2.05) is 0 Å². The number of hydrogen-bond donors (Lipinski definition) is 1. The number of rotatable bonds is 4. The second kappa shape index (κ2) is 6.22. The largest absolute Gasteiger partial charge is 0.469 e. The zero-order valence-electron chi connectivity index (χ0n) is 12.3. The van der Waals surface area contributed by atoms with Crippen LogP contribution in [-0.2, 0) is 16.0 Å². The van der Waals surface area contributed by atoms with Crippen molar-refractivity contribution >= 4 is 34.3 Å². The zero-order chi connectivity index (χ0) is 16.4. The van der Waals surface area contributed by atoms with Crippen LogP contribution in [0.4, 0.5) is 0 Å². The summed E-state index contributed by atoms with van der Waals surface area (Å²) in [4.78, 5) is 31.5. The summed E-state index contributed by atoms with van der Waals surface area (Å²) in [6.07, 6.45) is 3.31. The lowest BCUT2D eigenvalue weighted by atomic mass is 9.99. The van der Waals surface area contributed by atoms with Crippen LogP contribution in [0.5, 0.6) is 0 Å². The van der Waals surface area contributed by atoms with Gasteiger partial charge in [-0.3, -0.25) is 14.6 Å². The minimum Gasteiger partial charge on any atom is -0.469 e. The Kier molecular flexibility index (Phi) is 4.12. The number of esters is 1. The van der Waals surface area contributed by atoms with Crippen molar-refractivity contribution in [3.8, 4) is 0 Å². The smallest absolute Gasteiger partial charge is 0.310 e. The number of halogens is 1. The summed E-state index contributed by atoms with van der Waals surface area (Å²) in [5.74, 6) is -0.624. The Bertz CT molecular complexity index is 887. The molecular weight excluding hydrogens is 316 g/mol. The van der Waals surface area contributed by atoms with Gasteiger partial charge in [-0.2, -0.15) is 0 Å². The van der Waals surface area contributed by atoms with E-state index in [1.165, 1.54) is 7.11 Å². The number of ketones is 1. The van der Waals surface area contributed by atoms with Crippen LogP contribution in [-0.4, -0.2) is 28.8 Å². The van der Waals surface area contributed by atoms with Crippen molar-refractivity contribution in [1.29, 1.82) is 0 Å². The van der Waals surface area contributed by atoms with Crippen LogP contribution in [0.3, 0.4) is 0 Å². The molecule has 0 unspecified atom stereocenters. The van der Waals surface area contributed by atoms with Crippen molar-refractivity contribution in [2.24, 2.45) is 0 Å². The van der Waals surface area contributed by atoms with Gasteiger partial charge in [-0.05, 0) is 29.8 Å². The molecule has 0 bridgehead atoms. The molecule has 0 fully saturated rings. The number of nitrogens with one attached hydrogen (secondary N) is 1. The fraction of sp³-hybridized carbons (Fsp3) is 0.118. The first kappa shape index (κ1) is 15.2. The molecule has 0 aliphatic carbocycles. The zero-order valence-corrected chi connectivity index (χ0v) is 13.1. The van der Waals surface area contributed by atoms with E-state index in [2.05, 4.69) is 9.97 Å². The van der Waals surface area contributed by atoms with Crippen LogP contribution in [0, 0.1) is 0 Å². The van der Waals surface area contributed by atoms with Gasteiger partial charge in [0.2, 0.25) is 5.78 Å². The van der Waals surface area contributed by atoms with Crippen molar-refractivity contribution in [1.82, 2.24) is 9.97 Å². The molecule has 0 saturated carbocycles. The maximum Gasteiger partial charge on any atom is 0.310 e. The molecule has 2 heterocycles. The molecule has 2 aromatic heterocycles. The normalized spacial score (nSPS) is 10.7. The minimum atomic E-state index is -0.378. The Hall–Kier alpha value is -2.66. The highest BCUT2D eigenvalue weighted by atomic mass is 35.5. The lowest BCUT2D eigenvalue weighted by Crippen LogP contribution is -2.07. The van der Waals surface area contributed by atoms with Crippen LogP contribution >= 0.6 is 11.6 Å². The van der Waals surface area contributed by atoms with Crippen LogP contribution in [0.2, 0.25) is 5.02 Å². The summed E-state index contributed by atoms with van der Waals surface area (Å²) in [6, 6.07) is 8.43. The number of carbonyl (C=O) groups is 2. The molecule has 3 aromatic rings. The maximum absolute atomic E-state index is 12.8. The second-order valence-corrected chi connectivity index (χ2v) is 5.42. The third kappa shape index (κ3) is 2.96. The van der Waals surface area contributed by atoms with Gasteiger partial charge >= 0.3 is 5.97 Å². The number of methoxy groups -OCH3 is 1. The molecule has 0 spiro atoms. The number of aromatic nitrogens is 2. The molecule has 1 N–H and O–H groups in total. The fourth-order valence-corrected chi connectivity index (χ4v) is 2.70. The van der Waals surface area contributed by atoms with E-state index in [0.717, 1.165) is 0 Å². The van der Waals surface area contributed by atoms with Gasteiger partial charge in [-0.15, -0.1) is 0 Å². The molecule has 1 aromatic carbocycles. The van der Waals surface area contributed by atoms with Crippen LogP contribution < -0.4 is 0 Å². The summed E-state index contributed by atoms with van der Waals surface area (Å²) >= 11 is 6.11. The number of benzene rings is 1. The van der Waals surface area contributed by atoms with Gasteiger partial charge in [0, 0.05) is 33.9 Å².